The summed E-state index contributed by atoms with van der Waals surface area (Å²) in [5.74, 6) is 0. The summed E-state index contributed by atoms with van der Waals surface area (Å²) in [6.45, 7) is 3.16. The summed E-state index contributed by atoms with van der Waals surface area (Å²) in [5, 5.41) is 0. The van der Waals surface area contributed by atoms with Crippen LogP contribution in [0.25, 0.3) is 5.70 Å². The predicted molar refractivity (Wildman–Crippen MR) is 92.6 cm³/mol. The van der Waals surface area contributed by atoms with Crippen molar-refractivity contribution in [2.24, 2.45) is 4.99 Å². The summed E-state index contributed by atoms with van der Waals surface area (Å²) < 4.78 is 0. The van der Waals surface area contributed by atoms with Gasteiger partial charge in [0.15, 0.2) is 0 Å². The Balaban J connectivity index is 2.43. The van der Waals surface area contributed by atoms with Crippen LogP contribution in [0.3, 0.4) is 0 Å². The highest BCUT2D eigenvalue weighted by Crippen LogP contribution is 2.27. The Morgan fingerprint density at radius 3 is 2.48 bits per heavy atom. The van der Waals surface area contributed by atoms with Gasteiger partial charge in [0.05, 0.1) is 0 Å². The molecule has 0 spiro atoms. The topological polar surface area (TPSA) is 15.6 Å². The first-order valence-electron chi connectivity index (χ1n) is 7.88. The average molecular weight is 282 g/mol. The smallest absolute Gasteiger partial charge is 0.0488 e. The molecule has 0 heterocycles. The number of unbranched alkanes of at least 4 members (excludes halogenated alkanes) is 1. The van der Waals surface area contributed by atoms with Crippen molar-refractivity contribution in [3.05, 3.63) is 53.6 Å². The first kappa shape index (κ1) is 15.6. The Bertz CT molecular complexity index is 536. The van der Waals surface area contributed by atoms with E-state index in [0.29, 0.717) is 0 Å². The molecule has 2 heteroatoms. The first-order chi connectivity index (χ1) is 10.2. The minimum absolute atomic E-state index is 0.943. The average Bonchev–Trinajstić information content (AvgIpc) is 2.50. The highest BCUT2D eigenvalue weighted by atomic mass is 15.1. The maximum absolute atomic E-state index is 4.86. The van der Waals surface area contributed by atoms with Crippen LogP contribution >= 0.6 is 0 Å². The molecule has 0 atom stereocenters. The Morgan fingerprint density at radius 2 is 1.81 bits per heavy atom. The van der Waals surface area contributed by atoms with Crippen LogP contribution in [0.4, 0.5) is 0 Å². The molecular formula is C19H26N2. The number of aliphatic imine (C=N–C) groups is 1. The van der Waals surface area contributed by atoms with E-state index in [1.807, 2.05) is 0 Å². The number of benzene rings is 1. The van der Waals surface area contributed by atoms with Gasteiger partial charge in [-0.1, -0.05) is 55.8 Å². The van der Waals surface area contributed by atoms with Crippen molar-refractivity contribution < 1.29 is 0 Å². The van der Waals surface area contributed by atoms with Crippen LogP contribution < -0.4 is 0 Å². The zero-order valence-electron chi connectivity index (χ0n) is 13.5. The van der Waals surface area contributed by atoms with Crippen LogP contribution in [-0.4, -0.2) is 31.3 Å². The lowest BCUT2D eigenvalue weighted by Crippen LogP contribution is -2.18. The van der Waals surface area contributed by atoms with Gasteiger partial charge in [0.1, 0.15) is 0 Å². The van der Waals surface area contributed by atoms with Gasteiger partial charge in [-0.15, -0.1) is 0 Å². The van der Waals surface area contributed by atoms with Gasteiger partial charge in [-0.05, 0) is 18.4 Å². The third-order valence-corrected chi connectivity index (χ3v) is 3.74. The largest absolute Gasteiger partial charge is 0.377 e. The molecule has 1 aromatic rings. The second-order valence-corrected chi connectivity index (χ2v) is 5.65. The molecule has 0 N–H and O–H groups in total. The van der Waals surface area contributed by atoms with E-state index >= 15 is 0 Å². The standard InChI is InChI=1S/C19H26N2/c1-4-5-15-20-18-14-10-9-13-17(18)19(21(2)3)16-11-7-6-8-12-16/h6-12H,4-5,13-15H2,1-3H3. The summed E-state index contributed by atoms with van der Waals surface area (Å²) in [5.41, 5.74) is 5.22. The zero-order chi connectivity index (χ0) is 15.1. The van der Waals surface area contributed by atoms with Crippen molar-refractivity contribution in [3.63, 3.8) is 0 Å². The number of rotatable bonds is 5. The fraction of sp³-hybridized carbons (Fsp3) is 0.421. The van der Waals surface area contributed by atoms with E-state index in [9.17, 15) is 0 Å². The monoisotopic (exact) mass is 282 g/mol. The van der Waals surface area contributed by atoms with E-state index in [4.69, 9.17) is 4.99 Å². The van der Waals surface area contributed by atoms with Crippen molar-refractivity contribution in [3.8, 4) is 0 Å². The number of hydrogen-bond donors (Lipinski definition) is 0. The molecule has 2 nitrogen and oxygen atoms in total. The van der Waals surface area contributed by atoms with E-state index in [-0.39, 0.29) is 0 Å². The van der Waals surface area contributed by atoms with Crippen LogP contribution in [0.15, 0.2) is 53.0 Å². The molecule has 0 radical (unpaired) electrons. The predicted octanol–water partition coefficient (Wildman–Crippen LogP) is 4.55. The van der Waals surface area contributed by atoms with E-state index in [2.05, 4.69) is 68.4 Å². The molecule has 1 aliphatic carbocycles. The molecule has 0 bridgehead atoms. The molecular weight excluding hydrogens is 256 g/mol. The lowest BCUT2D eigenvalue weighted by molar-refractivity contribution is 0.588. The minimum atomic E-state index is 0.943. The Labute approximate surface area is 128 Å². The molecule has 112 valence electrons. The SMILES string of the molecule is CCCCN=C1CC=CCC1=C(c1ccccc1)N(C)C. The quantitative estimate of drug-likeness (QED) is 0.571. The number of allylic oxidation sites excluding steroid dienone is 3. The van der Waals surface area contributed by atoms with E-state index < -0.39 is 0 Å². The van der Waals surface area contributed by atoms with Crippen molar-refractivity contribution in [1.82, 2.24) is 4.90 Å². The van der Waals surface area contributed by atoms with Crippen molar-refractivity contribution in [1.29, 1.82) is 0 Å². The van der Waals surface area contributed by atoms with Gasteiger partial charge in [-0.2, -0.15) is 0 Å². The van der Waals surface area contributed by atoms with Gasteiger partial charge in [-0.25, -0.2) is 0 Å². The third-order valence-electron chi connectivity index (χ3n) is 3.74. The zero-order valence-corrected chi connectivity index (χ0v) is 13.5. The minimum Gasteiger partial charge on any atom is -0.377 e. The summed E-state index contributed by atoms with van der Waals surface area (Å²) in [6.07, 6.45) is 8.82. The van der Waals surface area contributed by atoms with E-state index in [1.165, 1.54) is 35.4 Å². The molecule has 1 aromatic carbocycles. The van der Waals surface area contributed by atoms with Crippen LogP contribution in [-0.2, 0) is 0 Å². The van der Waals surface area contributed by atoms with Gasteiger partial charge < -0.3 is 4.90 Å². The molecule has 0 saturated heterocycles. The molecule has 0 unspecified atom stereocenters. The summed E-state index contributed by atoms with van der Waals surface area (Å²) in [6, 6.07) is 10.6. The van der Waals surface area contributed by atoms with Gasteiger partial charge in [0, 0.05) is 44.0 Å². The van der Waals surface area contributed by atoms with Crippen LogP contribution in [0, 0.1) is 0 Å². The second kappa shape index (κ2) is 7.82. The molecule has 0 saturated carbocycles. The molecule has 2 rings (SSSR count). The molecule has 1 aliphatic rings. The molecule has 0 amide bonds. The Morgan fingerprint density at radius 1 is 1.10 bits per heavy atom. The van der Waals surface area contributed by atoms with Crippen LogP contribution in [0.2, 0.25) is 0 Å². The van der Waals surface area contributed by atoms with Crippen molar-refractivity contribution in [2.75, 3.05) is 20.6 Å². The normalized spacial score (nSPS) is 18.9. The highest BCUT2D eigenvalue weighted by molar-refractivity contribution is 6.07. The van der Waals surface area contributed by atoms with Crippen LogP contribution in [0.1, 0.15) is 38.2 Å². The molecule has 0 fully saturated rings. The summed E-state index contributed by atoms with van der Waals surface area (Å²) in [7, 11) is 4.24. The fourth-order valence-electron chi connectivity index (χ4n) is 2.70. The van der Waals surface area contributed by atoms with Gasteiger partial charge in [0.2, 0.25) is 0 Å². The third kappa shape index (κ3) is 4.07. The maximum Gasteiger partial charge on any atom is 0.0488 e. The van der Waals surface area contributed by atoms with Crippen LogP contribution in [0.5, 0.6) is 0 Å². The molecule has 0 aromatic heterocycles. The van der Waals surface area contributed by atoms with Gasteiger partial charge >= 0.3 is 0 Å². The van der Waals surface area contributed by atoms with Gasteiger partial charge in [-0.3, -0.25) is 4.99 Å². The van der Waals surface area contributed by atoms with E-state index in [0.717, 1.165) is 19.4 Å². The van der Waals surface area contributed by atoms with Crippen molar-refractivity contribution in [2.45, 2.75) is 32.6 Å². The first-order valence-corrected chi connectivity index (χ1v) is 7.88. The number of hydrogen-bond acceptors (Lipinski definition) is 2. The van der Waals surface area contributed by atoms with Crippen molar-refractivity contribution >= 4 is 11.4 Å². The lowest BCUT2D eigenvalue weighted by atomic mass is 9.93. The molecule has 0 aliphatic heterocycles. The number of nitrogens with zero attached hydrogens (tertiary/aromatic N) is 2. The second-order valence-electron chi connectivity index (χ2n) is 5.65. The summed E-state index contributed by atoms with van der Waals surface area (Å²) in [4.78, 5) is 7.09. The Kier molecular flexibility index (Phi) is 5.79. The lowest BCUT2D eigenvalue weighted by Gasteiger charge is -2.24. The fourth-order valence-corrected chi connectivity index (χ4v) is 2.70. The molecule has 21 heavy (non-hydrogen) atoms. The maximum atomic E-state index is 4.86. The Hall–Kier alpha value is -1.83. The summed E-state index contributed by atoms with van der Waals surface area (Å²) >= 11 is 0. The highest BCUT2D eigenvalue weighted by Gasteiger charge is 2.17. The van der Waals surface area contributed by atoms with E-state index in [1.54, 1.807) is 0 Å². The van der Waals surface area contributed by atoms with Gasteiger partial charge in [0.25, 0.3) is 0 Å².